The lowest BCUT2D eigenvalue weighted by molar-refractivity contribution is -0.143. The summed E-state index contributed by atoms with van der Waals surface area (Å²) in [5.41, 5.74) is -2.76. The molecule has 0 radical (unpaired) electrons. The lowest BCUT2D eigenvalue weighted by Crippen LogP contribution is -2.18. The van der Waals surface area contributed by atoms with Crippen molar-refractivity contribution in [3.05, 3.63) is 34.9 Å². The molecule has 20 heavy (non-hydrogen) atoms. The molecule has 0 aromatic heterocycles. The van der Waals surface area contributed by atoms with Gasteiger partial charge in [0.1, 0.15) is 0 Å². The Bertz CT molecular complexity index is 408. The van der Waals surface area contributed by atoms with E-state index in [1.807, 2.05) is 0 Å². The van der Waals surface area contributed by atoms with Gasteiger partial charge in [-0.3, -0.25) is 0 Å². The Hall–Kier alpha value is -1.28. The molecule has 0 amide bonds. The smallest absolute Gasteiger partial charge is 0.396 e. The number of hydrogen-bond donors (Lipinski definition) is 2. The highest BCUT2D eigenvalue weighted by Crippen LogP contribution is 2.36. The van der Waals surface area contributed by atoms with Gasteiger partial charge in [-0.25, -0.2) is 0 Å². The molecule has 1 rings (SSSR count). The second-order valence-corrected chi connectivity index (χ2v) is 4.17. The largest absolute Gasteiger partial charge is 0.416 e. The number of aliphatic hydroxyl groups excluding tert-OH is 1. The van der Waals surface area contributed by atoms with Gasteiger partial charge in [0, 0.05) is 13.2 Å². The summed E-state index contributed by atoms with van der Waals surface area (Å²) in [5, 5.41) is 11.2. The third kappa shape index (κ3) is 5.01. The number of aliphatic hydroxyl groups is 1. The standard InChI is InChI=1S/C12H13F6NO/c13-11(14,15)9-4-8(7-19-2-1-3-20)5-10(6-9)12(16,17)18/h4-6,19-20H,1-3,7H2. The van der Waals surface area contributed by atoms with Crippen LogP contribution in [-0.2, 0) is 18.9 Å². The normalized spacial score (nSPS) is 12.8. The van der Waals surface area contributed by atoms with E-state index >= 15 is 0 Å². The zero-order valence-electron chi connectivity index (χ0n) is 10.3. The van der Waals surface area contributed by atoms with Crippen LogP contribution >= 0.6 is 0 Å². The molecule has 0 unspecified atom stereocenters. The molecular weight excluding hydrogens is 288 g/mol. The van der Waals surface area contributed by atoms with E-state index < -0.39 is 23.5 Å². The lowest BCUT2D eigenvalue weighted by Gasteiger charge is -2.14. The van der Waals surface area contributed by atoms with E-state index in [4.69, 9.17) is 5.11 Å². The average Bonchev–Trinajstić information content (AvgIpc) is 2.32. The Labute approximate surface area is 111 Å². The maximum absolute atomic E-state index is 12.6. The Morgan fingerprint density at radius 2 is 1.40 bits per heavy atom. The van der Waals surface area contributed by atoms with E-state index in [-0.39, 0.29) is 24.8 Å². The van der Waals surface area contributed by atoms with Crippen LogP contribution in [0.3, 0.4) is 0 Å². The minimum atomic E-state index is -4.83. The first-order chi connectivity index (χ1) is 9.14. The van der Waals surface area contributed by atoms with Crippen LogP contribution in [-0.4, -0.2) is 18.3 Å². The predicted octanol–water partition coefficient (Wildman–Crippen LogP) is 3.20. The predicted molar refractivity (Wildman–Crippen MR) is 59.9 cm³/mol. The molecule has 0 fully saturated rings. The third-order valence-electron chi connectivity index (χ3n) is 2.49. The van der Waals surface area contributed by atoms with Crippen molar-refractivity contribution in [1.29, 1.82) is 0 Å². The SMILES string of the molecule is OCCCNCc1cc(C(F)(F)F)cc(C(F)(F)F)c1. The van der Waals surface area contributed by atoms with Crippen LogP contribution in [0.1, 0.15) is 23.1 Å². The van der Waals surface area contributed by atoms with Crippen molar-refractivity contribution in [3.8, 4) is 0 Å². The lowest BCUT2D eigenvalue weighted by atomic mass is 10.0. The number of rotatable bonds is 5. The van der Waals surface area contributed by atoms with Crippen LogP contribution in [0.5, 0.6) is 0 Å². The van der Waals surface area contributed by atoms with E-state index in [1.54, 1.807) is 0 Å². The van der Waals surface area contributed by atoms with E-state index in [1.165, 1.54) is 0 Å². The van der Waals surface area contributed by atoms with Gasteiger partial charge in [0.15, 0.2) is 0 Å². The maximum Gasteiger partial charge on any atom is 0.416 e. The van der Waals surface area contributed by atoms with Crippen molar-refractivity contribution in [2.24, 2.45) is 0 Å². The molecule has 0 atom stereocenters. The number of benzene rings is 1. The van der Waals surface area contributed by atoms with Crippen molar-refractivity contribution in [1.82, 2.24) is 5.32 Å². The molecular formula is C12H13F6NO. The van der Waals surface area contributed by atoms with E-state index in [0.29, 0.717) is 25.1 Å². The van der Waals surface area contributed by atoms with Crippen molar-refractivity contribution >= 4 is 0 Å². The molecule has 0 aliphatic rings. The molecule has 0 heterocycles. The Morgan fingerprint density at radius 3 is 1.80 bits per heavy atom. The van der Waals surface area contributed by atoms with E-state index in [2.05, 4.69) is 5.32 Å². The fourth-order valence-corrected chi connectivity index (χ4v) is 1.56. The minimum absolute atomic E-state index is 0.0945. The molecule has 0 aliphatic carbocycles. The summed E-state index contributed by atoms with van der Waals surface area (Å²) in [4.78, 5) is 0. The van der Waals surface area contributed by atoms with Crippen LogP contribution in [0.25, 0.3) is 0 Å². The van der Waals surface area contributed by atoms with Gasteiger partial charge in [0.05, 0.1) is 11.1 Å². The first-order valence-electron chi connectivity index (χ1n) is 5.74. The second-order valence-electron chi connectivity index (χ2n) is 4.17. The summed E-state index contributed by atoms with van der Waals surface area (Å²) in [6.07, 6.45) is -9.30. The minimum Gasteiger partial charge on any atom is -0.396 e. The molecule has 0 bridgehead atoms. The van der Waals surface area contributed by atoms with Crippen LogP contribution in [0.2, 0.25) is 0 Å². The summed E-state index contributed by atoms with van der Waals surface area (Å²) in [5.74, 6) is 0. The van der Waals surface area contributed by atoms with Crippen molar-refractivity contribution < 1.29 is 31.4 Å². The Kier molecular flexibility index (Phi) is 5.41. The van der Waals surface area contributed by atoms with Crippen molar-refractivity contribution in [2.45, 2.75) is 25.3 Å². The summed E-state index contributed by atoms with van der Waals surface area (Å²) in [6, 6.07) is 1.46. The highest BCUT2D eigenvalue weighted by molar-refractivity contribution is 5.33. The van der Waals surface area contributed by atoms with Gasteiger partial charge in [-0.1, -0.05) is 0 Å². The molecule has 114 valence electrons. The summed E-state index contributed by atoms with van der Waals surface area (Å²) < 4.78 is 75.3. The van der Waals surface area contributed by atoms with Crippen LogP contribution in [0, 0.1) is 0 Å². The molecule has 0 saturated heterocycles. The topological polar surface area (TPSA) is 32.3 Å². The van der Waals surface area contributed by atoms with Crippen LogP contribution < -0.4 is 5.32 Å². The van der Waals surface area contributed by atoms with Gasteiger partial charge in [0.25, 0.3) is 0 Å². The first-order valence-corrected chi connectivity index (χ1v) is 5.74. The summed E-state index contributed by atoms with van der Waals surface area (Å²) in [7, 11) is 0. The van der Waals surface area contributed by atoms with Gasteiger partial charge in [0.2, 0.25) is 0 Å². The molecule has 2 N–H and O–H groups in total. The highest BCUT2D eigenvalue weighted by atomic mass is 19.4. The van der Waals surface area contributed by atoms with Gasteiger partial charge >= 0.3 is 12.4 Å². The molecule has 0 aliphatic heterocycles. The fraction of sp³-hybridized carbons (Fsp3) is 0.500. The van der Waals surface area contributed by atoms with Crippen LogP contribution in [0.15, 0.2) is 18.2 Å². The van der Waals surface area contributed by atoms with Gasteiger partial charge in [-0.2, -0.15) is 26.3 Å². The molecule has 1 aromatic rings. The zero-order valence-corrected chi connectivity index (χ0v) is 10.3. The highest BCUT2D eigenvalue weighted by Gasteiger charge is 2.36. The van der Waals surface area contributed by atoms with E-state index in [9.17, 15) is 26.3 Å². The fourth-order valence-electron chi connectivity index (χ4n) is 1.56. The number of alkyl halides is 6. The maximum atomic E-state index is 12.6. The summed E-state index contributed by atoms with van der Waals surface area (Å²) >= 11 is 0. The zero-order chi connectivity index (χ0) is 15.4. The van der Waals surface area contributed by atoms with Gasteiger partial charge in [-0.15, -0.1) is 0 Å². The van der Waals surface area contributed by atoms with Gasteiger partial charge in [-0.05, 0) is 36.7 Å². The van der Waals surface area contributed by atoms with Gasteiger partial charge < -0.3 is 10.4 Å². The molecule has 0 saturated carbocycles. The molecule has 0 spiro atoms. The quantitative estimate of drug-likeness (QED) is 0.646. The molecule has 1 aromatic carbocycles. The summed E-state index contributed by atoms with van der Waals surface area (Å²) in [6.45, 7) is 0.0600. The van der Waals surface area contributed by atoms with Crippen molar-refractivity contribution in [3.63, 3.8) is 0 Å². The Morgan fingerprint density at radius 1 is 0.900 bits per heavy atom. The molecule has 8 heteroatoms. The first kappa shape index (κ1) is 16.8. The second kappa shape index (κ2) is 6.45. The Balaban J connectivity index is 2.99. The monoisotopic (exact) mass is 301 g/mol. The average molecular weight is 301 g/mol. The number of hydrogen-bond acceptors (Lipinski definition) is 2. The number of nitrogens with one attached hydrogen (secondary N) is 1. The third-order valence-corrected chi connectivity index (χ3v) is 2.49. The van der Waals surface area contributed by atoms with Crippen molar-refractivity contribution in [2.75, 3.05) is 13.2 Å². The number of halogens is 6. The molecule has 2 nitrogen and oxygen atoms in total. The van der Waals surface area contributed by atoms with E-state index in [0.717, 1.165) is 0 Å². The van der Waals surface area contributed by atoms with Crippen LogP contribution in [0.4, 0.5) is 26.3 Å².